The highest BCUT2D eigenvalue weighted by Gasteiger charge is 2.21. The Balaban J connectivity index is 1.51. The maximum atomic E-state index is 13.1. The molecule has 0 fully saturated rings. The van der Waals surface area contributed by atoms with Gasteiger partial charge in [-0.1, -0.05) is 114 Å². The standard InChI is InChI=1S/C34H33BrN2O4S2/c1-2-3-18-43(39)24-29(22-40-21-25-10-6-4-7-11-25)41-33(38)23-42-34-31(20-36)30(26-12-8-5-9-13-26)19-32(37-34)27-14-16-28(35)17-15-27/h4-17,19,29H,2-3,18,21-24H2,1H3. The zero-order chi connectivity index (χ0) is 30.4. The minimum Gasteiger partial charge on any atom is -0.458 e. The molecule has 0 saturated carbocycles. The number of nitrogens with zero attached hydrogens (tertiary/aromatic N) is 2. The first-order valence-electron chi connectivity index (χ1n) is 14.0. The lowest BCUT2D eigenvalue weighted by Gasteiger charge is -2.18. The van der Waals surface area contributed by atoms with Crippen LogP contribution in [-0.2, 0) is 31.7 Å². The van der Waals surface area contributed by atoms with Crippen molar-refractivity contribution in [2.75, 3.05) is 23.9 Å². The quantitative estimate of drug-likeness (QED) is 0.0937. The van der Waals surface area contributed by atoms with Crippen molar-refractivity contribution in [1.82, 2.24) is 4.98 Å². The molecule has 0 N–H and O–H groups in total. The molecule has 0 bridgehead atoms. The van der Waals surface area contributed by atoms with E-state index in [1.54, 1.807) is 0 Å². The van der Waals surface area contributed by atoms with E-state index in [1.807, 2.05) is 97.9 Å². The fourth-order valence-electron chi connectivity index (χ4n) is 4.29. The number of carbonyl (C=O) groups is 1. The fraction of sp³-hybridized carbons (Fsp3) is 0.265. The Bertz CT molecular complexity index is 1540. The molecule has 1 aromatic heterocycles. The number of rotatable bonds is 15. The van der Waals surface area contributed by atoms with Gasteiger partial charge in [0.2, 0.25) is 0 Å². The summed E-state index contributed by atoms with van der Waals surface area (Å²) in [4.78, 5) is 17.9. The van der Waals surface area contributed by atoms with E-state index in [0.717, 1.165) is 51.3 Å². The second-order valence-corrected chi connectivity index (χ2v) is 13.3. The third-order valence-corrected chi connectivity index (χ3v) is 9.43. The summed E-state index contributed by atoms with van der Waals surface area (Å²) in [5.74, 6) is 0.228. The van der Waals surface area contributed by atoms with Crippen molar-refractivity contribution in [2.24, 2.45) is 0 Å². The number of hydrogen-bond donors (Lipinski definition) is 0. The van der Waals surface area contributed by atoms with E-state index in [2.05, 4.69) is 22.0 Å². The van der Waals surface area contributed by atoms with Crippen LogP contribution in [0.1, 0.15) is 30.9 Å². The van der Waals surface area contributed by atoms with Crippen LogP contribution < -0.4 is 0 Å². The van der Waals surface area contributed by atoms with Gasteiger partial charge in [-0.05, 0) is 35.7 Å². The third kappa shape index (κ3) is 10.1. The Kier molecular flexibility index (Phi) is 13.0. The molecule has 2 atom stereocenters. The molecule has 0 aliphatic heterocycles. The summed E-state index contributed by atoms with van der Waals surface area (Å²) >= 11 is 4.64. The highest BCUT2D eigenvalue weighted by atomic mass is 79.9. The van der Waals surface area contributed by atoms with Gasteiger partial charge in [-0.25, -0.2) is 4.98 Å². The van der Waals surface area contributed by atoms with E-state index in [0.29, 0.717) is 28.6 Å². The summed E-state index contributed by atoms with van der Waals surface area (Å²) in [7, 11) is -1.13. The van der Waals surface area contributed by atoms with E-state index in [1.165, 1.54) is 0 Å². The first-order chi connectivity index (χ1) is 21.0. The van der Waals surface area contributed by atoms with Crippen LogP contribution in [0.25, 0.3) is 22.4 Å². The molecule has 4 rings (SSSR count). The highest BCUT2D eigenvalue weighted by Crippen LogP contribution is 2.34. The number of thioether (sulfide) groups is 1. The lowest BCUT2D eigenvalue weighted by molar-refractivity contribution is -0.147. The van der Waals surface area contributed by atoms with Gasteiger partial charge in [0, 0.05) is 32.2 Å². The van der Waals surface area contributed by atoms with Crippen LogP contribution >= 0.6 is 27.7 Å². The molecule has 0 amide bonds. The average molecular weight is 678 g/mol. The minimum atomic E-state index is -1.13. The maximum Gasteiger partial charge on any atom is 0.316 e. The molecule has 0 radical (unpaired) electrons. The van der Waals surface area contributed by atoms with Gasteiger partial charge >= 0.3 is 5.97 Å². The molecule has 43 heavy (non-hydrogen) atoms. The average Bonchev–Trinajstić information content (AvgIpc) is 3.03. The lowest BCUT2D eigenvalue weighted by atomic mass is 9.99. The number of carbonyl (C=O) groups excluding carboxylic acids is 1. The number of ether oxygens (including phenoxy) is 2. The second-order valence-electron chi connectivity index (χ2n) is 9.79. The largest absolute Gasteiger partial charge is 0.458 e. The zero-order valence-corrected chi connectivity index (χ0v) is 27.1. The Morgan fingerprint density at radius 1 is 1.02 bits per heavy atom. The Hall–Kier alpha value is -3.29. The van der Waals surface area contributed by atoms with Crippen molar-refractivity contribution in [2.45, 2.75) is 37.5 Å². The van der Waals surface area contributed by atoms with Gasteiger partial charge in [0.1, 0.15) is 17.2 Å². The predicted octanol–water partition coefficient (Wildman–Crippen LogP) is 7.82. The normalized spacial score (nSPS) is 12.3. The number of unbranched alkanes of at least 4 members (excludes halogenated alkanes) is 1. The molecule has 222 valence electrons. The smallest absolute Gasteiger partial charge is 0.316 e. The van der Waals surface area contributed by atoms with E-state index >= 15 is 0 Å². The van der Waals surface area contributed by atoms with Gasteiger partial charge in [-0.2, -0.15) is 5.26 Å². The molecule has 0 saturated heterocycles. The van der Waals surface area contributed by atoms with Gasteiger partial charge in [0.25, 0.3) is 0 Å². The van der Waals surface area contributed by atoms with Crippen molar-refractivity contribution in [1.29, 1.82) is 5.26 Å². The Morgan fingerprint density at radius 3 is 2.40 bits per heavy atom. The minimum absolute atomic E-state index is 0.0590. The summed E-state index contributed by atoms with van der Waals surface area (Å²) in [5.41, 5.74) is 4.61. The summed E-state index contributed by atoms with van der Waals surface area (Å²) in [6, 6.07) is 31.4. The van der Waals surface area contributed by atoms with Crippen LogP contribution in [0.4, 0.5) is 0 Å². The SMILES string of the molecule is CCCCS(=O)CC(COCc1ccccc1)OC(=O)CSc1nc(-c2ccc(Br)cc2)cc(-c2ccccc2)c1C#N. The molecule has 0 spiro atoms. The number of halogens is 1. The fourth-order valence-corrected chi connectivity index (χ4v) is 6.70. The molecular formula is C34H33BrN2O4S2. The molecule has 4 aromatic rings. The van der Waals surface area contributed by atoms with Crippen LogP contribution in [0.5, 0.6) is 0 Å². The van der Waals surface area contributed by atoms with Crippen molar-refractivity contribution >= 4 is 44.5 Å². The number of esters is 1. The van der Waals surface area contributed by atoms with Crippen molar-refractivity contribution in [3.8, 4) is 28.5 Å². The Morgan fingerprint density at radius 2 is 1.72 bits per heavy atom. The topological polar surface area (TPSA) is 89.3 Å². The van der Waals surface area contributed by atoms with Crippen LogP contribution in [-0.4, -0.2) is 45.1 Å². The highest BCUT2D eigenvalue weighted by molar-refractivity contribution is 9.10. The molecule has 1 heterocycles. The van der Waals surface area contributed by atoms with Gasteiger partial charge in [-0.15, -0.1) is 0 Å². The van der Waals surface area contributed by atoms with E-state index in [-0.39, 0.29) is 18.1 Å². The molecular weight excluding hydrogens is 644 g/mol. The molecule has 3 aromatic carbocycles. The first kappa shape index (κ1) is 32.6. The molecule has 2 unspecified atom stereocenters. The van der Waals surface area contributed by atoms with E-state index < -0.39 is 22.9 Å². The summed E-state index contributed by atoms with van der Waals surface area (Å²) < 4.78 is 25.2. The molecule has 0 aliphatic carbocycles. The number of pyridine rings is 1. The van der Waals surface area contributed by atoms with E-state index in [9.17, 15) is 14.3 Å². The number of benzene rings is 3. The van der Waals surface area contributed by atoms with Crippen LogP contribution in [0, 0.1) is 11.3 Å². The predicted molar refractivity (Wildman–Crippen MR) is 177 cm³/mol. The van der Waals surface area contributed by atoms with Crippen molar-refractivity contribution in [3.05, 3.63) is 107 Å². The van der Waals surface area contributed by atoms with Crippen molar-refractivity contribution < 1.29 is 18.5 Å². The van der Waals surface area contributed by atoms with Gasteiger partial charge in [0.15, 0.2) is 0 Å². The van der Waals surface area contributed by atoms with Crippen LogP contribution in [0.2, 0.25) is 0 Å². The summed E-state index contributed by atoms with van der Waals surface area (Å²) in [5, 5.41) is 10.6. The van der Waals surface area contributed by atoms with Gasteiger partial charge in [-0.3, -0.25) is 9.00 Å². The number of nitriles is 1. The zero-order valence-electron chi connectivity index (χ0n) is 23.9. The molecule has 9 heteroatoms. The number of aromatic nitrogens is 1. The first-order valence-corrected chi connectivity index (χ1v) is 17.3. The molecule has 6 nitrogen and oxygen atoms in total. The summed E-state index contributed by atoms with van der Waals surface area (Å²) in [6.45, 7) is 2.56. The van der Waals surface area contributed by atoms with Gasteiger partial charge in [0.05, 0.1) is 36.0 Å². The Labute approximate surface area is 268 Å². The monoisotopic (exact) mass is 676 g/mol. The van der Waals surface area contributed by atoms with Crippen molar-refractivity contribution in [3.63, 3.8) is 0 Å². The van der Waals surface area contributed by atoms with Crippen LogP contribution in [0.3, 0.4) is 0 Å². The third-order valence-electron chi connectivity index (χ3n) is 6.46. The lowest BCUT2D eigenvalue weighted by Crippen LogP contribution is -2.30. The molecule has 0 aliphatic rings. The second kappa shape index (κ2) is 17.1. The van der Waals surface area contributed by atoms with E-state index in [4.69, 9.17) is 14.5 Å². The maximum absolute atomic E-state index is 13.1. The summed E-state index contributed by atoms with van der Waals surface area (Å²) in [6.07, 6.45) is 1.14. The van der Waals surface area contributed by atoms with Crippen LogP contribution in [0.15, 0.2) is 100 Å². The number of hydrogen-bond acceptors (Lipinski definition) is 7. The van der Waals surface area contributed by atoms with Gasteiger partial charge < -0.3 is 9.47 Å².